The van der Waals surface area contributed by atoms with Crippen molar-refractivity contribution in [2.24, 2.45) is 4.30 Å². The van der Waals surface area contributed by atoms with E-state index in [-0.39, 0.29) is 177 Å². The second kappa shape index (κ2) is 39.7. The summed E-state index contributed by atoms with van der Waals surface area (Å²) >= 11 is 35.3. The van der Waals surface area contributed by atoms with Crippen molar-refractivity contribution in [3.05, 3.63) is 252 Å². The summed E-state index contributed by atoms with van der Waals surface area (Å²) in [5.74, 6) is -1.38. The van der Waals surface area contributed by atoms with Gasteiger partial charge in [-0.15, -0.1) is 11.6 Å². The van der Waals surface area contributed by atoms with E-state index >= 15 is 0 Å². The number of nitrogens with zero attached hydrogens (tertiary/aromatic N) is 1. The standard InChI is InChI=1S/C19H13Br3O4.C19H14Br2O4.C17H12Br2O3.C17H14O3.C2H3ClO.CH3Cl.BHNS/c1-9(20)18-16(12-5-3-4-6-15(12)26-18)17(24)11-7-13(21)19(14(22)8-11)25-10(2)23;1-3-15-17(12-6-4-5-7-16(12)25-15)18(23)11-8-13(20)19(14(21)9-11)24-10(2)22;1-2-13-15(10-5-3-4-6-14(10)22-13)16(20)9-7-11(18)17(21)12(19)8-9;1-2-14-16(13-5-3-4-6-15(13)20-14)17(19)11-7-9-12(18)10-8-11;1-2(3)4;1-2;1-2-3/h3-9H,1-2H3;4-9H,3H2,1-2H3;3-8,21H,2H2,1H3;3-10,18H,2H2,1H3;1H3;1H3;3H/i3D,4D,5D,6D;4D,5D,6D,7D;2*3D,4D,5D,6D;;;. The molecule has 0 saturated carbocycles. The number of thiol groups is 1. The normalized spacial score (nSPS) is 12.9. The SMILES string of the molecule is CC(=O)Cl.CCl.[2H]c1c([2H])c([2H])c2c(C(=O)c3cc(Br)c(O)c(Br)c3)c(CC)oc2c1[2H].[2H]c1c([2H])c([2H])c2c(C(=O)c3cc(Br)c(OC(C)=O)c(Br)c3)c(C(C)Br)oc2c1[2H].[2H]c1c([2H])c([2H])c2c(C(=O)c3cc(Br)c(OC(C)=O)c(Br)c3)c(CC)oc2c1[2H].[2H]c1c([2H])c([2H])c2c(C(=O)c3ccc(O)cc3)c(CC)oc2c1[2H].[B]=NS. The molecular weight excluding hydrogens is 1830 g/mol. The van der Waals surface area contributed by atoms with Crippen molar-refractivity contribution < 1.29 is 92.8 Å². The van der Waals surface area contributed by atoms with Crippen molar-refractivity contribution >= 4 is 239 Å². The van der Waals surface area contributed by atoms with Crippen LogP contribution in [0.4, 0.5) is 0 Å². The molecule has 27 heteroatoms. The predicted molar refractivity (Wildman–Crippen MR) is 427 cm³/mol. The third-order valence-corrected chi connectivity index (χ3v) is 17.2. The number of para-hydroxylation sites is 4. The summed E-state index contributed by atoms with van der Waals surface area (Å²) in [6.45, 7) is 10.8. The molecule has 16 nitrogen and oxygen atoms in total. The minimum atomic E-state index is -0.525. The minimum absolute atomic E-state index is 0.0139. The summed E-state index contributed by atoms with van der Waals surface area (Å²) in [6.07, 6.45) is 2.51. The van der Waals surface area contributed by atoms with Crippen LogP contribution in [-0.2, 0) is 33.6 Å². The molecule has 12 aromatic rings. The molecule has 527 valence electrons. The first kappa shape index (κ1) is 62.4. The molecule has 2 N–H and O–H groups in total. The molecule has 4 aromatic heterocycles. The number of hydrogen-bond donors (Lipinski definition) is 3. The van der Waals surface area contributed by atoms with Crippen LogP contribution in [0.3, 0.4) is 0 Å². The number of hydrogen-bond acceptors (Lipinski definition) is 17. The zero-order chi connectivity index (χ0) is 89.3. The summed E-state index contributed by atoms with van der Waals surface area (Å²) < 4.78 is 165. The number of ether oxygens (including phenoxy) is 2. The quantitative estimate of drug-likeness (QED) is 0.0174. The molecule has 0 amide bonds. The van der Waals surface area contributed by atoms with E-state index < -0.39 is 88.2 Å². The molecule has 0 fully saturated rings. The third kappa shape index (κ3) is 21.1. The van der Waals surface area contributed by atoms with Crippen LogP contribution in [-0.4, -0.2) is 64.5 Å². The van der Waals surface area contributed by atoms with Crippen molar-refractivity contribution in [2.75, 3.05) is 6.38 Å². The fraction of sp³-hybridized carbons (Fsp3) is 0.160. The van der Waals surface area contributed by atoms with E-state index in [1.807, 2.05) is 0 Å². The second-order valence-electron chi connectivity index (χ2n) is 20.0. The number of alkyl halides is 2. The number of halogens is 9. The number of aryl methyl sites for hydroxylation is 3. The first-order valence-corrected chi connectivity index (χ1v) is 36.2. The predicted octanol–water partition coefficient (Wildman–Crippen LogP) is 23.4. The van der Waals surface area contributed by atoms with Gasteiger partial charge in [0.15, 0.2) is 34.6 Å². The third-order valence-electron chi connectivity index (χ3n) is 13.2. The van der Waals surface area contributed by atoms with Crippen LogP contribution >= 0.6 is 148 Å². The van der Waals surface area contributed by atoms with Crippen LogP contribution in [0.25, 0.3) is 43.9 Å². The van der Waals surface area contributed by atoms with Gasteiger partial charge in [0.1, 0.15) is 56.9 Å². The molecule has 1 unspecified atom stereocenters. The van der Waals surface area contributed by atoms with Crippen LogP contribution < -0.4 is 9.47 Å². The van der Waals surface area contributed by atoms with Crippen molar-refractivity contribution in [1.29, 1.82) is 0 Å². The molecule has 102 heavy (non-hydrogen) atoms. The Bertz CT molecular complexity index is 6000. The summed E-state index contributed by atoms with van der Waals surface area (Å²) in [5, 5.41) is 19.1. The Labute approximate surface area is 684 Å². The fourth-order valence-electron chi connectivity index (χ4n) is 9.16. The Hall–Kier alpha value is -7.04. The van der Waals surface area contributed by atoms with Gasteiger partial charge in [0.05, 0.1) is 75.8 Å². The molecule has 0 aliphatic rings. The van der Waals surface area contributed by atoms with Gasteiger partial charge in [-0.25, -0.2) is 0 Å². The molecule has 1 radical (unpaired) electrons. The van der Waals surface area contributed by atoms with Crippen LogP contribution in [0, 0.1) is 0 Å². The van der Waals surface area contributed by atoms with E-state index in [1.54, 1.807) is 27.7 Å². The first-order valence-electron chi connectivity index (χ1n) is 37.0. The molecule has 12 rings (SSSR count). The maximum atomic E-state index is 13.5. The number of benzene rings is 8. The molecule has 8 aromatic carbocycles. The number of fused-ring (bicyclic) bond motifs is 4. The van der Waals surface area contributed by atoms with Crippen LogP contribution in [0.15, 0.2) is 206 Å². The van der Waals surface area contributed by atoms with E-state index in [0.717, 1.165) is 0 Å². The van der Waals surface area contributed by atoms with Crippen LogP contribution in [0.5, 0.6) is 23.0 Å². The average Bonchev–Trinajstić information content (AvgIpc) is 1.60. The van der Waals surface area contributed by atoms with E-state index in [4.69, 9.17) is 49.1 Å². The summed E-state index contributed by atoms with van der Waals surface area (Å²) in [6, 6.07) is 8.51. The van der Waals surface area contributed by atoms with E-state index in [9.17, 15) is 43.8 Å². The Kier molecular flexibility index (Phi) is 24.3. The molecule has 0 saturated heterocycles. The summed E-state index contributed by atoms with van der Waals surface area (Å²) in [4.78, 5) is 84.2. The van der Waals surface area contributed by atoms with Crippen molar-refractivity contribution in [3.8, 4) is 23.0 Å². The Morgan fingerprint density at radius 1 is 0.490 bits per heavy atom. The number of phenolic OH excluding ortho intramolecular Hbond substituents is 2. The second-order valence-corrected chi connectivity index (χ2v) is 27.3. The van der Waals surface area contributed by atoms with Gasteiger partial charge in [0.2, 0.25) is 5.24 Å². The van der Waals surface area contributed by atoms with Gasteiger partial charge in [-0.05, 0) is 199 Å². The maximum absolute atomic E-state index is 13.5. The zero-order valence-electron chi connectivity index (χ0n) is 70.0. The van der Waals surface area contributed by atoms with E-state index in [2.05, 4.69) is 159 Å². The topological polar surface area (TPSA) is 243 Å². The van der Waals surface area contributed by atoms with Gasteiger partial charge >= 0.3 is 36.7 Å². The number of phenols is 2. The summed E-state index contributed by atoms with van der Waals surface area (Å²) in [7, 11) is 4.34. The van der Waals surface area contributed by atoms with E-state index in [0.29, 0.717) is 57.4 Å². The average molecular weight is 1900 g/mol. The van der Waals surface area contributed by atoms with Gasteiger partial charge in [-0.1, -0.05) is 109 Å². The van der Waals surface area contributed by atoms with Crippen molar-refractivity contribution in [3.63, 3.8) is 0 Å². The van der Waals surface area contributed by atoms with Crippen LogP contribution in [0.1, 0.15) is 162 Å². The fourth-order valence-corrected chi connectivity index (χ4v) is 13.4. The monoisotopic (exact) mass is 1900 g/mol. The number of rotatable bonds is 14. The van der Waals surface area contributed by atoms with Gasteiger partial charge < -0.3 is 37.4 Å². The molecule has 0 spiro atoms. The Morgan fingerprint density at radius 3 is 1.03 bits per heavy atom. The van der Waals surface area contributed by atoms with Crippen molar-refractivity contribution in [1.82, 2.24) is 0 Å². The number of carbonyl (C=O) groups excluding carboxylic acids is 7. The molecular formula is C75H60BBr7Cl2NO15S. The number of ketones is 4. The number of aromatic hydroxyl groups is 2. The van der Waals surface area contributed by atoms with Gasteiger partial charge in [-0.2, -0.15) is 0 Å². The molecule has 4 heterocycles. The van der Waals surface area contributed by atoms with E-state index in [1.165, 1.54) is 87.8 Å². The number of furan rings is 4. The zero-order valence-corrected chi connectivity index (χ0v) is 67.6. The van der Waals surface area contributed by atoms with Crippen molar-refractivity contribution in [2.45, 2.75) is 72.6 Å². The van der Waals surface area contributed by atoms with Gasteiger partial charge in [0.25, 0.3) is 0 Å². The number of esters is 2. The molecule has 1 atom stereocenters. The molecule has 0 aliphatic carbocycles. The first-order chi connectivity index (χ1) is 55.2. The summed E-state index contributed by atoms with van der Waals surface area (Å²) in [5.41, 5.74) is 1.18. The Morgan fingerprint density at radius 2 is 0.745 bits per heavy atom. The molecule has 0 bridgehead atoms. The molecule has 0 aliphatic heterocycles. The van der Waals surface area contributed by atoms with Gasteiger partial charge in [0, 0.05) is 90.2 Å². The van der Waals surface area contributed by atoms with Crippen LogP contribution in [0.2, 0.25) is 0 Å². The number of carbonyl (C=O) groups is 7. The Balaban J connectivity index is 0.000000236. The van der Waals surface area contributed by atoms with Gasteiger partial charge in [-0.3, -0.25) is 33.6 Å².